The Morgan fingerprint density at radius 2 is 1.87 bits per heavy atom. The minimum absolute atomic E-state index is 0.0768. The molecule has 0 spiro atoms. The number of aliphatic carboxylic acids is 2. The summed E-state index contributed by atoms with van der Waals surface area (Å²) in [6.07, 6.45) is 0.146. The lowest BCUT2D eigenvalue weighted by Gasteiger charge is -2.12. The molecular weight excluding hydrogens is 204 g/mol. The second kappa shape index (κ2) is 6.77. The van der Waals surface area contributed by atoms with Gasteiger partial charge in [-0.3, -0.25) is 9.59 Å². The van der Waals surface area contributed by atoms with Crippen molar-refractivity contribution in [2.75, 3.05) is 6.54 Å². The van der Waals surface area contributed by atoms with E-state index in [2.05, 4.69) is 5.32 Å². The van der Waals surface area contributed by atoms with Crippen LogP contribution in [0.25, 0.3) is 0 Å². The third kappa shape index (κ3) is 6.44. The van der Waals surface area contributed by atoms with Crippen molar-refractivity contribution < 1.29 is 24.6 Å². The lowest BCUT2D eigenvalue weighted by atomic mass is 10.1. The Bertz CT molecular complexity index is 253. The molecule has 0 unspecified atom stereocenters. The third-order valence-corrected chi connectivity index (χ3v) is 1.70. The van der Waals surface area contributed by atoms with E-state index in [0.717, 1.165) is 0 Å². The number of carboxylic acids is 2. The van der Waals surface area contributed by atoms with E-state index in [1.807, 2.05) is 0 Å². The average Bonchev–Trinajstić information content (AvgIpc) is 2.15. The van der Waals surface area contributed by atoms with Crippen molar-refractivity contribution in [3.8, 4) is 0 Å². The molecule has 0 aromatic rings. The van der Waals surface area contributed by atoms with Crippen LogP contribution in [0.1, 0.15) is 19.3 Å². The van der Waals surface area contributed by atoms with Crippen molar-refractivity contribution in [3.63, 3.8) is 0 Å². The molecule has 7 nitrogen and oxygen atoms in total. The summed E-state index contributed by atoms with van der Waals surface area (Å²) >= 11 is 0. The molecule has 1 amide bonds. The Kier molecular flexibility index (Phi) is 6.03. The molecule has 0 bridgehead atoms. The first-order chi connectivity index (χ1) is 6.97. The van der Waals surface area contributed by atoms with Crippen LogP contribution in [0.2, 0.25) is 0 Å². The van der Waals surface area contributed by atoms with E-state index < -0.39 is 23.9 Å². The second-order valence-corrected chi connectivity index (χ2v) is 2.95. The summed E-state index contributed by atoms with van der Waals surface area (Å²) in [6.45, 7) is -0.289. The molecule has 0 aliphatic heterocycles. The van der Waals surface area contributed by atoms with Crippen LogP contribution in [0.5, 0.6) is 0 Å². The van der Waals surface area contributed by atoms with Gasteiger partial charge in [-0.25, -0.2) is 4.79 Å². The lowest BCUT2D eigenvalue weighted by Crippen LogP contribution is -2.43. The molecular formula is C8H14N2O5. The van der Waals surface area contributed by atoms with Crippen molar-refractivity contribution in [1.82, 2.24) is 5.32 Å². The van der Waals surface area contributed by atoms with E-state index in [1.54, 1.807) is 0 Å². The minimum atomic E-state index is -1.19. The second-order valence-electron chi connectivity index (χ2n) is 2.95. The Hall–Kier alpha value is -1.63. The van der Waals surface area contributed by atoms with Gasteiger partial charge in [0.05, 0.1) is 6.54 Å². The zero-order valence-corrected chi connectivity index (χ0v) is 8.10. The predicted octanol–water partition coefficient (Wildman–Crippen LogP) is -1.23. The Morgan fingerprint density at radius 1 is 1.27 bits per heavy atom. The van der Waals surface area contributed by atoms with Gasteiger partial charge < -0.3 is 21.3 Å². The first kappa shape index (κ1) is 13.4. The molecule has 0 aromatic carbocycles. The molecule has 0 aliphatic carbocycles. The van der Waals surface area contributed by atoms with Gasteiger partial charge in [0.25, 0.3) is 0 Å². The largest absolute Gasteiger partial charge is 0.481 e. The van der Waals surface area contributed by atoms with E-state index in [-0.39, 0.29) is 25.8 Å². The summed E-state index contributed by atoms with van der Waals surface area (Å²) in [6, 6.07) is -1.07. The highest BCUT2D eigenvalue weighted by molar-refractivity contribution is 5.84. The molecule has 0 saturated carbocycles. The predicted molar refractivity (Wildman–Crippen MR) is 50.1 cm³/mol. The molecule has 0 radical (unpaired) electrons. The molecule has 1 atom stereocenters. The zero-order chi connectivity index (χ0) is 11.8. The van der Waals surface area contributed by atoms with Crippen LogP contribution in [0.3, 0.4) is 0 Å². The highest BCUT2D eigenvalue weighted by atomic mass is 16.4. The van der Waals surface area contributed by atoms with Crippen LogP contribution < -0.4 is 11.1 Å². The number of nitrogens with one attached hydrogen (secondary N) is 1. The molecule has 0 rings (SSSR count). The van der Waals surface area contributed by atoms with Crippen LogP contribution in [0.4, 0.5) is 0 Å². The van der Waals surface area contributed by atoms with Gasteiger partial charge in [0.2, 0.25) is 5.91 Å². The number of rotatable bonds is 7. The van der Waals surface area contributed by atoms with E-state index in [1.165, 1.54) is 0 Å². The van der Waals surface area contributed by atoms with Crippen molar-refractivity contribution >= 4 is 17.8 Å². The summed E-state index contributed by atoms with van der Waals surface area (Å²) in [5, 5.41) is 19.2. The molecule has 7 heteroatoms. The normalized spacial score (nSPS) is 11.8. The van der Waals surface area contributed by atoms with E-state index in [4.69, 9.17) is 15.9 Å². The van der Waals surface area contributed by atoms with Crippen LogP contribution in [-0.2, 0) is 14.4 Å². The molecule has 0 aromatic heterocycles. The summed E-state index contributed by atoms with van der Waals surface area (Å²) in [7, 11) is 0. The smallest absolute Gasteiger partial charge is 0.326 e. The fourth-order valence-corrected chi connectivity index (χ4v) is 0.968. The van der Waals surface area contributed by atoms with Gasteiger partial charge in [0.1, 0.15) is 6.04 Å². The quantitative estimate of drug-likeness (QED) is 0.423. The monoisotopic (exact) mass is 218 g/mol. The Balaban J connectivity index is 4.00. The molecule has 15 heavy (non-hydrogen) atoms. The summed E-state index contributed by atoms with van der Waals surface area (Å²) < 4.78 is 0. The highest BCUT2D eigenvalue weighted by Crippen LogP contribution is 2.01. The summed E-state index contributed by atoms with van der Waals surface area (Å²) in [4.78, 5) is 31.6. The Morgan fingerprint density at radius 3 is 2.27 bits per heavy atom. The first-order valence-electron chi connectivity index (χ1n) is 4.41. The first-order valence-corrected chi connectivity index (χ1v) is 4.41. The van der Waals surface area contributed by atoms with Crippen molar-refractivity contribution in [3.05, 3.63) is 0 Å². The van der Waals surface area contributed by atoms with Crippen molar-refractivity contribution in [1.29, 1.82) is 0 Å². The lowest BCUT2D eigenvalue weighted by molar-refractivity contribution is -0.142. The maximum Gasteiger partial charge on any atom is 0.326 e. The number of carbonyl (C=O) groups is 3. The van der Waals surface area contributed by atoms with E-state index in [9.17, 15) is 14.4 Å². The number of amides is 1. The molecule has 0 aliphatic rings. The van der Waals surface area contributed by atoms with Gasteiger partial charge in [-0.05, 0) is 12.8 Å². The topological polar surface area (TPSA) is 130 Å². The van der Waals surface area contributed by atoms with Gasteiger partial charge in [0, 0.05) is 6.42 Å². The zero-order valence-electron chi connectivity index (χ0n) is 8.10. The third-order valence-electron chi connectivity index (χ3n) is 1.70. The van der Waals surface area contributed by atoms with Gasteiger partial charge in [-0.2, -0.15) is 0 Å². The van der Waals surface area contributed by atoms with Gasteiger partial charge in [0.15, 0.2) is 0 Å². The number of nitrogens with two attached hydrogens (primary N) is 1. The van der Waals surface area contributed by atoms with Gasteiger partial charge in [-0.1, -0.05) is 0 Å². The van der Waals surface area contributed by atoms with E-state index >= 15 is 0 Å². The van der Waals surface area contributed by atoms with Crippen LogP contribution in [0, 0.1) is 0 Å². The molecule has 0 fully saturated rings. The minimum Gasteiger partial charge on any atom is -0.481 e. The van der Waals surface area contributed by atoms with Crippen LogP contribution in [-0.4, -0.2) is 40.6 Å². The maximum atomic E-state index is 10.8. The van der Waals surface area contributed by atoms with Crippen LogP contribution in [0.15, 0.2) is 0 Å². The highest BCUT2D eigenvalue weighted by Gasteiger charge is 2.18. The summed E-state index contributed by atoms with van der Waals surface area (Å²) in [5.41, 5.74) is 5.00. The fraction of sp³-hybridized carbons (Fsp3) is 0.625. The van der Waals surface area contributed by atoms with Crippen molar-refractivity contribution in [2.24, 2.45) is 5.73 Å². The number of carbonyl (C=O) groups excluding carboxylic acids is 1. The number of hydrogen-bond acceptors (Lipinski definition) is 4. The van der Waals surface area contributed by atoms with Gasteiger partial charge >= 0.3 is 11.9 Å². The van der Waals surface area contributed by atoms with Gasteiger partial charge in [-0.15, -0.1) is 0 Å². The molecule has 5 N–H and O–H groups in total. The number of hydrogen-bond donors (Lipinski definition) is 4. The standard InChI is InChI=1S/C8H14N2O5/c9-4-6(11)10-5(8(14)15)2-1-3-7(12)13/h5H,1-4,9H2,(H,10,11)(H,12,13)(H,14,15)/t5-/m1/s1. The summed E-state index contributed by atoms with van der Waals surface area (Å²) in [5.74, 6) is -2.76. The van der Waals surface area contributed by atoms with Crippen LogP contribution >= 0.6 is 0 Å². The SMILES string of the molecule is NCC(=O)N[C@H](CCCC(=O)O)C(=O)O. The molecule has 0 heterocycles. The van der Waals surface area contributed by atoms with E-state index in [0.29, 0.717) is 0 Å². The number of carboxylic acid groups (broad SMARTS) is 2. The average molecular weight is 218 g/mol. The fourth-order valence-electron chi connectivity index (χ4n) is 0.968. The molecule has 86 valence electrons. The maximum absolute atomic E-state index is 10.8. The molecule has 0 saturated heterocycles. The van der Waals surface area contributed by atoms with Crippen molar-refractivity contribution in [2.45, 2.75) is 25.3 Å². The Labute approximate surface area is 86.3 Å².